The molecule has 0 bridgehead atoms. The van der Waals surface area contributed by atoms with Crippen LogP contribution in [-0.4, -0.2) is 13.7 Å². The summed E-state index contributed by atoms with van der Waals surface area (Å²) in [5, 5.41) is 0. The SMILES string of the molecule is COc1cccc(OC/C=C(\C)CCC=C(Cl)Cl)c1. The first-order valence-electron chi connectivity index (χ1n) is 6.05. The Morgan fingerprint density at radius 3 is 2.63 bits per heavy atom. The molecule has 0 aliphatic carbocycles. The van der Waals surface area contributed by atoms with Crippen LogP contribution in [0, 0.1) is 0 Å². The van der Waals surface area contributed by atoms with Gasteiger partial charge < -0.3 is 9.47 Å². The van der Waals surface area contributed by atoms with E-state index in [1.54, 1.807) is 13.2 Å². The molecule has 0 aliphatic heterocycles. The molecule has 0 atom stereocenters. The van der Waals surface area contributed by atoms with E-state index in [4.69, 9.17) is 32.7 Å². The molecule has 0 fully saturated rings. The summed E-state index contributed by atoms with van der Waals surface area (Å²) in [6, 6.07) is 7.55. The molecule has 0 aliphatic rings. The van der Waals surface area contributed by atoms with Gasteiger partial charge in [-0.25, -0.2) is 0 Å². The summed E-state index contributed by atoms with van der Waals surface area (Å²) in [5.41, 5.74) is 1.24. The predicted octanol–water partition coefficient (Wildman–Crippen LogP) is 5.12. The minimum atomic E-state index is 0.320. The van der Waals surface area contributed by atoms with Crippen molar-refractivity contribution in [2.45, 2.75) is 19.8 Å². The van der Waals surface area contributed by atoms with E-state index in [0.29, 0.717) is 11.1 Å². The topological polar surface area (TPSA) is 18.5 Å². The van der Waals surface area contributed by atoms with Crippen LogP contribution in [0.5, 0.6) is 11.5 Å². The van der Waals surface area contributed by atoms with Crippen LogP contribution in [0.15, 0.2) is 46.5 Å². The molecule has 0 unspecified atom stereocenters. The summed E-state index contributed by atoms with van der Waals surface area (Å²) in [6.07, 6.45) is 5.60. The van der Waals surface area contributed by atoms with Gasteiger partial charge in [-0.15, -0.1) is 0 Å². The molecule has 1 aromatic rings. The van der Waals surface area contributed by atoms with Gasteiger partial charge in [0, 0.05) is 6.07 Å². The molecule has 19 heavy (non-hydrogen) atoms. The monoisotopic (exact) mass is 300 g/mol. The number of hydrogen-bond donors (Lipinski definition) is 0. The van der Waals surface area contributed by atoms with Crippen LogP contribution in [0.3, 0.4) is 0 Å². The summed E-state index contributed by atoms with van der Waals surface area (Å²) >= 11 is 11.1. The van der Waals surface area contributed by atoms with Crippen LogP contribution in [0.25, 0.3) is 0 Å². The first-order chi connectivity index (χ1) is 9.11. The summed E-state index contributed by atoms with van der Waals surface area (Å²) in [7, 11) is 1.64. The molecule has 0 amide bonds. The van der Waals surface area contributed by atoms with E-state index in [0.717, 1.165) is 24.3 Å². The number of ether oxygens (including phenoxy) is 2. The van der Waals surface area contributed by atoms with Gasteiger partial charge in [0.25, 0.3) is 0 Å². The van der Waals surface area contributed by atoms with E-state index >= 15 is 0 Å². The third-order valence-corrected chi connectivity index (χ3v) is 2.87. The van der Waals surface area contributed by atoms with Gasteiger partial charge in [0.1, 0.15) is 22.6 Å². The highest BCUT2D eigenvalue weighted by Gasteiger charge is 1.96. The van der Waals surface area contributed by atoms with Gasteiger partial charge in [-0.3, -0.25) is 0 Å². The van der Waals surface area contributed by atoms with Crippen LogP contribution in [-0.2, 0) is 0 Å². The average molecular weight is 301 g/mol. The molecule has 2 nitrogen and oxygen atoms in total. The molecule has 0 spiro atoms. The second-order valence-electron chi connectivity index (χ2n) is 4.07. The number of hydrogen-bond acceptors (Lipinski definition) is 2. The predicted molar refractivity (Wildman–Crippen MR) is 81.3 cm³/mol. The van der Waals surface area contributed by atoms with E-state index in [1.165, 1.54) is 5.57 Å². The summed E-state index contributed by atoms with van der Waals surface area (Å²) < 4.78 is 11.1. The molecular weight excluding hydrogens is 283 g/mol. The second kappa shape index (κ2) is 8.89. The van der Waals surface area contributed by atoms with E-state index in [1.807, 2.05) is 24.3 Å². The first-order valence-corrected chi connectivity index (χ1v) is 6.81. The van der Waals surface area contributed by atoms with Crippen LogP contribution < -0.4 is 9.47 Å². The van der Waals surface area contributed by atoms with Gasteiger partial charge in [0.2, 0.25) is 0 Å². The largest absolute Gasteiger partial charge is 0.497 e. The van der Waals surface area contributed by atoms with Crippen molar-refractivity contribution in [3.63, 3.8) is 0 Å². The number of rotatable bonds is 7. The Hall–Kier alpha value is -1.12. The zero-order chi connectivity index (χ0) is 14.1. The van der Waals surface area contributed by atoms with Gasteiger partial charge in [-0.05, 0) is 38.0 Å². The maximum atomic E-state index is 5.62. The third kappa shape index (κ3) is 7.14. The zero-order valence-electron chi connectivity index (χ0n) is 11.2. The Balaban J connectivity index is 2.37. The third-order valence-electron chi connectivity index (χ3n) is 2.56. The standard InChI is InChI=1S/C15H18Cl2O2/c1-12(5-3-8-15(16)17)9-10-19-14-7-4-6-13(11-14)18-2/h4,6-9,11H,3,5,10H2,1-2H3/b12-9+. The minimum absolute atomic E-state index is 0.320. The highest BCUT2D eigenvalue weighted by atomic mass is 35.5. The number of halogens is 2. The van der Waals surface area contributed by atoms with Gasteiger partial charge in [0.05, 0.1) is 7.11 Å². The van der Waals surface area contributed by atoms with Crippen molar-refractivity contribution in [3.05, 3.63) is 46.5 Å². The van der Waals surface area contributed by atoms with Crippen molar-refractivity contribution in [2.24, 2.45) is 0 Å². The van der Waals surface area contributed by atoms with Crippen molar-refractivity contribution in [2.75, 3.05) is 13.7 Å². The van der Waals surface area contributed by atoms with Crippen molar-refractivity contribution in [1.82, 2.24) is 0 Å². The van der Waals surface area contributed by atoms with Crippen molar-refractivity contribution in [3.8, 4) is 11.5 Å². The van der Waals surface area contributed by atoms with Crippen LogP contribution >= 0.6 is 23.2 Å². The van der Waals surface area contributed by atoms with E-state index < -0.39 is 0 Å². The number of benzene rings is 1. The van der Waals surface area contributed by atoms with Gasteiger partial charge in [0.15, 0.2) is 0 Å². The molecular formula is C15H18Cl2O2. The first kappa shape index (κ1) is 15.9. The van der Waals surface area contributed by atoms with Gasteiger partial charge in [-0.1, -0.05) is 40.9 Å². The van der Waals surface area contributed by atoms with Crippen LogP contribution in [0.1, 0.15) is 19.8 Å². The Bertz CT molecular complexity index is 449. The summed E-state index contributed by atoms with van der Waals surface area (Å²) in [4.78, 5) is 0. The normalized spacial score (nSPS) is 11.1. The quantitative estimate of drug-likeness (QED) is 0.651. The van der Waals surface area contributed by atoms with E-state index in [-0.39, 0.29) is 0 Å². The molecule has 0 saturated carbocycles. The van der Waals surface area contributed by atoms with Gasteiger partial charge >= 0.3 is 0 Å². The van der Waals surface area contributed by atoms with Crippen LogP contribution in [0.4, 0.5) is 0 Å². The smallest absolute Gasteiger partial charge is 0.123 e. The maximum absolute atomic E-state index is 5.62. The molecule has 0 N–H and O–H groups in total. The number of allylic oxidation sites excluding steroid dienone is 2. The summed E-state index contributed by atoms with van der Waals surface area (Å²) in [5.74, 6) is 1.59. The Kier molecular flexibility index (Phi) is 7.46. The highest BCUT2D eigenvalue weighted by molar-refractivity contribution is 6.55. The average Bonchev–Trinajstić information content (AvgIpc) is 2.38. The fraction of sp³-hybridized carbons (Fsp3) is 0.333. The lowest BCUT2D eigenvalue weighted by Gasteiger charge is -2.06. The van der Waals surface area contributed by atoms with E-state index in [2.05, 4.69) is 13.0 Å². The van der Waals surface area contributed by atoms with Gasteiger partial charge in [-0.2, -0.15) is 0 Å². The zero-order valence-corrected chi connectivity index (χ0v) is 12.7. The Morgan fingerprint density at radius 2 is 1.95 bits per heavy atom. The fourth-order valence-electron chi connectivity index (χ4n) is 1.48. The molecule has 0 heterocycles. The van der Waals surface area contributed by atoms with Crippen molar-refractivity contribution < 1.29 is 9.47 Å². The lowest BCUT2D eigenvalue weighted by Crippen LogP contribution is -1.95. The fourth-order valence-corrected chi connectivity index (χ4v) is 1.70. The maximum Gasteiger partial charge on any atom is 0.123 e. The molecule has 1 aromatic carbocycles. The molecule has 0 aromatic heterocycles. The van der Waals surface area contributed by atoms with Crippen molar-refractivity contribution >= 4 is 23.2 Å². The Labute approximate surface area is 124 Å². The van der Waals surface area contributed by atoms with E-state index in [9.17, 15) is 0 Å². The summed E-state index contributed by atoms with van der Waals surface area (Å²) in [6.45, 7) is 2.60. The Morgan fingerprint density at radius 1 is 1.21 bits per heavy atom. The molecule has 4 heteroatoms. The van der Waals surface area contributed by atoms with Crippen LogP contribution in [0.2, 0.25) is 0 Å². The minimum Gasteiger partial charge on any atom is -0.497 e. The van der Waals surface area contributed by atoms with Crippen molar-refractivity contribution in [1.29, 1.82) is 0 Å². The lowest BCUT2D eigenvalue weighted by molar-refractivity contribution is 0.355. The highest BCUT2D eigenvalue weighted by Crippen LogP contribution is 2.19. The molecule has 0 saturated heterocycles. The second-order valence-corrected chi connectivity index (χ2v) is 5.08. The lowest BCUT2D eigenvalue weighted by atomic mass is 10.1. The molecule has 104 valence electrons. The molecule has 0 radical (unpaired) electrons. The number of methoxy groups -OCH3 is 1. The molecule has 1 rings (SSSR count).